The molecule has 202 valence electrons. The molecule has 0 spiro atoms. The standard InChI is InChI=1S/C30H36N2O6/c1-2-38-27(35)20-32(19-22-11-4-8-15-26(22)34)24-13-6-5-12-23(24)28(29(36)37)30(16-9-17-31-30)18-21-10-3-7-14-25(21)33/h3-4,7-11,14-17,23-24,28,33-34H,2,5-6,12-13,18-20H2,1H3,(H,36,37). The van der Waals surface area contributed by atoms with Crippen molar-refractivity contribution in [3.05, 3.63) is 71.8 Å². The first-order valence-electron chi connectivity index (χ1n) is 13.2. The van der Waals surface area contributed by atoms with Gasteiger partial charge < -0.3 is 20.1 Å². The van der Waals surface area contributed by atoms with E-state index in [4.69, 9.17) is 9.73 Å². The Labute approximate surface area is 223 Å². The molecule has 4 rings (SSSR count). The SMILES string of the molecule is CCOC(=O)CN(Cc1ccccc1O)C1CCCCC1C(C(=O)O)C1(Cc2ccccc2O)C=CC=N1. The van der Waals surface area contributed by atoms with Gasteiger partial charge in [-0.2, -0.15) is 0 Å². The second kappa shape index (κ2) is 12.3. The lowest BCUT2D eigenvalue weighted by Gasteiger charge is -2.46. The molecule has 1 fully saturated rings. The topological polar surface area (TPSA) is 120 Å². The number of esters is 1. The van der Waals surface area contributed by atoms with Gasteiger partial charge in [0.05, 0.1) is 24.6 Å². The van der Waals surface area contributed by atoms with Crippen molar-refractivity contribution in [2.45, 2.75) is 57.2 Å². The van der Waals surface area contributed by atoms with Gasteiger partial charge in [-0.05, 0) is 49.5 Å². The molecule has 2 aliphatic rings. The van der Waals surface area contributed by atoms with Gasteiger partial charge in [-0.15, -0.1) is 0 Å². The molecule has 3 N–H and O–H groups in total. The molecule has 8 heteroatoms. The van der Waals surface area contributed by atoms with Gasteiger partial charge in [0.2, 0.25) is 0 Å². The normalized spacial score (nSPS) is 23.4. The Balaban J connectivity index is 1.72. The Morgan fingerprint density at radius 3 is 2.32 bits per heavy atom. The molecule has 0 aromatic heterocycles. The van der Waals surface area contributed by atoms with E-state index in [1.165, 1.54) is 0 Å². The molecule has 2 aromatic carbocycles. The van der Waals surface area contributed by atoms with Crippen molar-refractivity contribution >= 4 is 18.2 Å². The lowest BCUT2D eigenvalue weighted by atomic mass is 9.66. The molecule has 1 aliphatic heterocycles. The molecule has 0 bridgehead atoms. The number of carboxylic acids is 1. The van der Waals surface area contributed by atoms with Gasteiger partial charge in [-0.3, -0.25) is 19.5 Å². The van der Waals surface area contributed by atoms with E-state index in [2.05, 4.69) is 0 Å². The van der Waals surface area contributed by atoms with E-state index in [-0.39, 0.29) is 55.5 Å². The molecule has 0 radical (unpaired) electrons. The first-order chi connectivity index (χ1) is 18.3. The first kappa shape index (κ1) is 27.4. The predicted octanol–water partition coefficient (Wildman–Crippen LogP) is 4.34. The number of carbonyl (C=O) groups excluding carboxylic acids is 1. The quantitative estimate of drug-likeness (QED) is 0.377. The van der Waals surface area contributed by atoms with Crippen LogP contribution < -0.4 is 0 Å². The van der Waals surface area contributed by atoms with Crippen molar-refractivity contribution in [2.75, 3.05) is 13.2 Å². The lowest BCUT2D eigenvalue weighted by molar-refractivity contribution is -0.149. The highest BCUT2D eigenvalue weighted by Crippen LogP contribution is 2.44. The number of allylic oxidation sites excluding steroid dienone is 1. The van der Waals surface area contributed by atoms with Crippen LogP contribution in [0.25, 0.3) is 0 Å². The van der Waals surface area contributed by atoms with E-state index in [1.54, 1.807) is 49.5 Å². The summed E-state index contributed by atoms with van der Waals surface area (Å²) in [6, 6.07) is 13.7. The van der Waals surface area contributed by atoms with Gasteiger partial charge in [0.25, 0.3) is 0 Å². The number of aliphatic imine (C=N–C) groups is 1. The maximum atomic E-state index is 13.1. The maximum Gasteiger partial charge on any atom is 0.320 e. The van der Waals surface area contributed by atoms with Crippen LogP contribution in [0, 0.1) is 11.8 Å². The molecular weight excluding hydrogens is 484 g/mol. The second-order valence-electron chi connectivity index (χ2n) is 10.1. The molecule has 1 saturated carbocycles. The van der Waals surface area contributed by atoms with E-state index < -0.39 is 17.4 Å². The number of phenols is 2. The van der Waals surface area contributed by atoms with Crippen LogP contribution in [0.4, 0.5) is 0 Å². The third-order valence-corrected chi connectivity index (χ3v) is 7.74. The van der Waals surface area contributed by atoms with Crippen LogP contribution in [0.5, 0.6) is 11.5 Å². The Hall–Kier alpha value is -3.65. The number of aliphatic carboxylic acids is 1. The molecule has 1 aliphatic carbocycles. The largest absolute Gasteiger partial charge is 0.508 e. The van der Waals surface area contributed by atoms with Crippen LogP contribution >= 0.6 is 0 Å². The summed E-state index contributed by atoms with van der Waals surface area (Å²) < 4.78 is 5.26. The summed E-state index contributed by atoms with van der Waals surface area (Å²) in [6.07, 6.45) is 8.62. The van der Waals surface area contributed by atoms with Crippen LogP contribution in [0.15, 0.2) is 65.7 Å². The number of aromatic hydroxyl groups is 2. The molecule has 4 unspecified atom stereocenters. The third-order valence-electron chi connectivity index (χ3n) is 7.74. The molecular formula is C30H36N2O6. The van der Waals surface area contributed by atoms with Crippen LogP contribution in [0.2, 0.25) is 0 Å². The molecule has 2 aromatic rings. The minimum atomic E-state index is -1.07. The van der Waals surface area contributed by atoms with E-state index in [0.29, 0.717) is 24.0 Å². The number of hydrogen-bond acceptors (Lipinski definition) is 7. The number of carboxylic acid groups (broad SMARTS) is 1. The van der Waals surface area contributed by atoms with Gasteiger partial charge in [0.15, 0.2) is 0 Å². The van der Waals surface area contributed by atoms with Crippen LogP contribution in [-0.4, -0.2) is 63.1 Å². The summed E-state index contributed by atoms with van der Waals surface area (Å²) in [6.45, 7) is 2.27. The number of nitrogens with zero attached hydrogens (tertiary/aromatic N) is 2. The van der Waals surface area contributed by atoms with Crippen molar-refractivity contribution in [1.29, 1.82) is 0 Å². The highest BCUT2D eigenvalue weighted by molar-refractivity contribution is 5.80. The Morgan fingerprint density at radius 1 is 1.05 bits per heavy atom. The van der Waals surface area contributed by atoms with E-state index in [0.717, 1.165) is 12.8 Å². The fourth-order valence-electron chi connectivity index (χ4n) is 6.07. The zero-order chi connectivity index (χ0) is 27.1. The summed E-state index contributed by atoms with van der Waals surface area (Å²) in [5.41, 5.74) is 0.221. The zero-order valence-corrected chi connectivity index (χ0v) is 21.7. The van der Waals surface area contributed by atoms with Gasteiger partial charge >= 0.3 is 11.9 Å². The fraction of sp³-hybridized carbons (Fsp3) is 0.433. The van der Waals surface area contributed by atoms with Crippen LogP contribution in [-0.2, 0) is 27.3 Å². The number of rotatable bonds is 11. The summed E-state index contributed by atoms with van der Waals surface area (Å²) in [5.74, 6) is -2.33. The minimum absolute atomic E-state index is 0.0126. The average molecular weight is 521 g/mol. The number of hydrogen-bond donors (Lipinski definition) is 3. The smallest absolute Gasteiger partial charge is 0.320 e. The van der Waals surface area contributed by atoms with Gasteiger partial charge in [0, 0.05) is 30.8 Å². The number of benzene rings is 2. The summed E-state index contributed by atoms with van der Waals surface area (Å²) >= 11 is 0. The number of phenolic OH excluding ortho intramolecular Hbond substituents is 2. The first-order valence-corrected chi connectivity index (χ1v) is 13.2. The molecule has 38 heavy (non-hydrogen) atoms. The highest BCUT2D eigenvalue weighted by atomic mass is 16.5. The van der Waals surface area contributed by atoms with Gasteiger partial charge in [-0.1, -0.05) is 55.3 Å². The predicted molar refractivity (Wildman–Crippen MR) is 144 cm³/mol. The molecule has 0 amide bonds. The zero-order valence-electron chi connectivity index (χ0n) is 21.7. The van der Waals surface area contributed by atoms with Gasteiger partial charge in [-0.25, -0.2) is 0 Å². The molecule has 0 saturated heterocycles. The number of carbonyl (C=O) groups is 2. The van der Waals surface area contributed by atoms with E-state index >= 15 is 0 Å². The molecule has 4 atom stereocenters. The minimum Gasteiger partial charge on any atom is -0.508 e. The molecule has 8 nitrogen and oxygen atoms in total. The lowest BCUT2D eigenvalue weighted by Crippen LogP contribution is -2.54. The highest BCUT2D eigenvalue weighted by Gasteiger charge is 2.50. The second-order valence-corrected chi connectivity index (χ2v) is 10.1. The summed E-state index contributed by atoms with van der Waals surface area (Å²) in [5, 5.41) is 31.6. The number of ether oxygens (including phenoxy) is 1. The van der Waals surface area contributed by atoms with Crippen LogP contribution in [0.1, 0.15) is 43.7 Å². The maximum absolute atomic E-state index is 13.1. The van der Waals surface area contributed by atoms with Crippen molar-refractivity contribution in [2.24, 2.45) is 16.8 Å². The van der Waals surface area contributed by atoms with Crippen molar-refractivity contribution < 1.29 is 29.6 Å². The summed E-state index contributed by atoms with van der Waals surface area (Å²) in [7, 11) is 0. The Bertz CT molecular complexity index is 1180. The monoisotopic (exact) mass is 520 g/mol. The van der Waals surface area contributed by atoms with Crippen molar-refractivity contribution in [3.8, 4) is 11.5 Å². The van der Waals surface area contributed by atoms with E-state index in [9.17, 15) is 24.9 Å². The van der Waals surface area contributed by atoms with Gasteiger partial charge in [0.1, 0.15) is 11.5 Å². The van der Waals surface area contributed by atoms with Crippen LogP contribution in [0.3, 0.4) is 0 Å². The Morgan fingerprint density at radius 2 is 1.71 bits per heavy atom. The Kier molecular flexibility index (Phi) is 8.84. The van der Waals surface area contributed by atoms with Crippen molar-refractivity contribution in [1.82, 2.24) is 4.90 Å². The third kappa shape index (κ3) is 6.07. The average Bonchev–Trinajstić information content (AvgIpc) is 3.35. The molecule has 1 heterocycles. The van der Waals surface area contributed by atoms with E-state index in [1.807, 2.05) is 29.2 Å². The fourth-order valence-corrected chi connectivity index (χ4v) is 6.07. The number of para-hydroxylation sites is 2. The van der Waals surface area contributed by atoms with Crippen molar-refractivity contribution in [3.63, 3.8) is 0 Å². The summed E-state index contributed by atoms with van der Waals surface area (Å²) in [4.78, 5) is 32.4.